The van der Waals surface area contributed by atoms with Crippen molar-refractivity contribution in [2.75, 3.05) is 17.7 Å². The van der Waals surface area contributed by atoms with Crippen LogP contribution in [0.2, 0.25) is 0 Å². The predicted octanol–water partition coefficient (Wildman–Crippen LogP) is 2.54. The molecule has 0 saturated carbocycles. The van der Waals surface area contributed by atoms with E-state index in [2.05, 4.69) is 28.3 Å². The number of aliphatic hydroxyl groups is 1. The largest absolute Gasteiger partial charge is 0.394 e. The quantitative estimate of drug-likeness (QED) is 0.757. The molecule has 0 unspecified atom stereocenters. The van der Waals surface area contributed by atoms with E-state index in [9.17, 15) is 5.11 Å². The van der Waals surface area contributed by atoms with Gasteiger partial charge in [-0.15, -0.1) is 11.3 Å². The van der Waals surface area contributed by atoms with Crippen molar-refractivity contribution in [3.63, 3.8) is 0 Å². The summed E-state index contributed by atoms with van der Waals surface area (Å²) in [6.45, 7) is 4.26. The fourth-order valence-electron chi connectivity index (χ4n) is 2.02. The summed E-state index contributed by atoms with van der Waals surface area (Å²) in [7, 11) is 0. The molecule has 0 spiro atoms. The minimum atomic E-state index is 0.0117. The first-order chi connectivity index (χ1) is 9.13. The van der Waals surface area contributed by atoms with E-state index >= 15 is 0 Å². The number of nitrogens with zero attached hydrogens (tertiary/aromatic N) is 2. The average molecular weight is 280 g/mol. The van der Waals surface area contributed by atoms with Crippen molar-refractivity contribution in [2.45, 2.75) is 39.2 Å². The van der Waals surface area contributed by atoms with E-state index in [4.69, 9.17) is 5.73 Å². The van der Waals surface area contributed by atoms with Gasteiger partial charge in [0, 0.05) is 4.88 Å². The molecule has 0 saturated heterocycles. The maximum atomic E-state index is 9.43. The van der Waals surface area contributed by atoms with Crippen molar-refractivity contribution in [3.8, 4) is 0 Å². The third-order valence-electron chi connectivity index (χ3n) is 3.00. The molecule has 0 aliphatic heterocycles. The van der Waals surface area contributed by atoms with E-state index < -0.39 is 0 Å². The molecule has 6 heteroatoms. The number of hydrogen-bond acceptors (Lipinski definition) is 6. The van der Waals surface area contributed by atoms with E-state index in [0.717, 1.165) is 35.3 Å². The standard InChI is InChI=1S/C13H20N4OS/c1-3-4-5-9(7-18)15-11-10-6-8(2)19-12(10)17-13(14)16-11/h6,9,18H,3-5,7H2,1-2H3,(H3,14,15,16,17)/t9-/m1/s1. The van der Waals surface area contributed by atoms with Gasteiger partial charge in [-0.25, -0.2) is 4.98 Å². The van der Waals surface area contributed by atoms with Crippen molar-refractivity contribution in [3.05, 3.63) is 10.9 Å². The van der Waals surface area contributed by atoms with Crippen molar-refractivity contribution in [2.24, 2.45) is 0 Å². The topological polar surface area (TPSA) is 84.1 Å². The molecular formula is C13H20N4OS. The molecule has 5 nitrogen and oxygen atoms in total. The maximum absolute atomic E-state index is 9.43. The lowest BCUT2D eigenvalue weighted by Crippen LogP contribution is -2.24. The minimum absolute atomic E-state index is 0.0117. The average Bonchev–Trinajstić information content (AvgIpc) is 2.74. The Morgan fingerprint density at radius 1 is 1.47 bits per heavy atom. The summed E-state index contributed by atoms with van der Waals surface area (Å²) in [4.78, 5) is 10.6. The second-order valence-corrected chi connectivity index (χ2v) is 5.91. The van der Waals surface area contributed by atoms with Crippen LogP contribution in [0.5, 0.6) is 0 Å². The highest BCUT2D eigenvalue weighted by Crippen LogP contribution is 2.29. The van der Waals surface area contributed by atoms with Gasteiger partial charge in [-0.2, -0.15) is 4.98 Å². The van der Waals surface area contributed by atoms with Gasteiger partial charge in [0.2, 0.25) is 5.95 Å². The van der Waals surface area contributed by atoms with Gasteiger partial charge in [0.05, 0.1) is 18.0 Å². The van der Waals surface area contributed by atoms with Gasteiger partial charge >= 0.3 is 0 Å². The van der Waals surface area contributed by atoms with Gasteiger partial charge in [0.1, 0.15) is 10.6 Å². The number of anilines is 2. The molecule has 1 atom stereocenters. The fraction of sp³-hybridized carbons (Fsp3) is 0.538. The Labute approximate surface area is 116 Å². The summed E-state index contributed by atoms with van der Waals surface area (Å²) >= 11 is 1.60. The predicted molar refractivity (Wildman–Crippen MR) is 80.6 cm³/mol. The van der Waals surface area contributed by atoms with E-state index in [0.29, 0.717) is 0 Å². The Morgan fingerprint density at radius 2 is 2.26 bits per heavy atom. The monoisotopic (exact) mass is 280 g/mol. The molecule has 19 heavy (non-hydrogen) atoms. The number of fused-ring (bicyclic) bond motifs is 1. The normalized spacial score (nSPS) is 12.8. The number of aliphatic hydroxyl groups excluding tert-OH is 1. The van der Waals surface area contributed by atoms with Crippen LogP contribution >= 0.6 is 11.3 Å². The molecular weight excluding hydrogens is 260 g/mol. The molecule has 0 radical (unpaired) electrons. The molecule has 2 aromatic heterocycles. The van der Waals surface area contributed by atoms with Crippen LogP contribution in [0.25, 0.3) is 10.2 Å². The van der Waals surface area contributed by atoms with E-state index in [1.165, 1.54) is 4.88 Å². The van der Waals surface area contributed by atoms with Gasteiger partial charge in [-0.3, -0.25) is 0 Å². The van der Waals surface area contributed by atoms with Crippen LogP contribution < -0.4 is 11.1 Å². The van der Waals surface area contributed by atoms with Crippen LogP contribution in [0.4, 0.5) is 11.8 Å². The first kappa shape index (κ1) is 14.0. The first-order valence-corrected chi connectivity index (χ1v) is 7.36. The molecule has 0 aliphatic carbocycles. The molecule has 0 bridgehead atoms. The van der Waals surface area contributed by atoms with Gasteiger partial charge in [0.15, 0.2) is 0 Å². The van der Waals surface area contributed by atoms with Crippen LogP contribution in [-0.2, 0) is 0 Å². The summed E-state index contributed by atoms with van der Waals surface area (Å²) in [5.74, 6) is 0.992. The van der Waals surface area contributed by atoms with Gasteiger partial charge < -0.3 is 16.2 Å². The summed E-state index contributed by atoms with van der Waals surface area (Å²) in [6.07, 6.45) is 3.10. The lowest BCUT2D eigenvalue weighted by Gasteiger charge is -2.17. The van der Waals surface area contributed by atoms with Crippen molar-refractivity contribution in [1.82, 2.24) is 9.97 Å². The highest BCUT2D eigenvalue weighted by molar-refractivity contribution is 7.18. The molecule has 2 aromatic rings. The number of aromatic nitrogens is 2. The number of nitrogens with two attached hydrogens (primary N) is 1. The van der Waals surface area contributed by atoms with Crippen LogP contribution in [-0.4, -0.2) is 27.7 Å². The number of aryl methyl sites for hydroxylation is 1. The van der Waals surface area contributed by atoms with Gasteiger partial charge in [0.25, 0.3) is 0 Å². The van der Waals surface area contributed by atoms with Crippen LogP contribution in [0.3, 0.4) is 0 Å². The zero-order chi connectivity index (χ0) is 13.8. The number of rotatable bonds is 6. The highest BCUT2D eigenvalue weighted by atomic mass is 32.1. The zero-order valence-corrected chi connectivity index (χ0v) is 12.1. The van der Waals surface area contributed by atoms with E-state index in [-0.39, 0.29) is 18.6 Å². The van der Waals surface area contributed by atoms with Crippen LogP contribution in [0.1, 0.15) is 31.1 Å². The second-order valence-electron chi connectivity index (χ2n) is 4.67. The molecule has 0 aromatic carbocycles. The Kier molecular flexibility index (Phi) is 4.55. The smallest absolute Gasteiger partial charge is 0.223 e. The van der Waals surface area contributed by atoms with Crippen LogP contribution in [0.15, 0.2) is 6.07 Å². The Morgan fingerprint density at radius 3 is 2.95 bits per heavy atom. The number of unbranched alkanes of at least 4 members (excludes halogenated alkanes) is 1. The highest BCUT2D eigenvalue weighted by Gasteiger charge is 2.13. The van der Waals surface area contributed by atoms with Gasteiger partial charge in [-0.1, -0.05) is 19.8 Å². The maximum Gasteiger partial charge on any atom is 0.223 e. The van der Waals surface area contributed by atoms with Crippen LogP contribution in [0, 0.1) is 6.92 Å². The molecule has 0 fully saturated rings. The molecule has 2 heterocycles. The molecule has 4 N–H and O–H groups in total. The molecule has 0 amide bonds. The zero-order valence-electron chi connectivity index (χ0n) is 11.3. The lowest BCUT2D eigenvalue weighted by atomic mass is 10.1. The number of nitrogens with one attached hydrogen (secondary N) is 1. The third kappa shape index (κ3) is 3.33. The number of nitrogen functional groups attached to an aromatic ring is 1. The van der Waals surface area contributed by atoms with Crippen molar-refractivity contribution >= 4 is 33.3 Å². The fourth-order valence-corrected chi connectivity index (χ4v) is 2.91. The number of thiophene rings is 1. The van der Waals surface area contributed by atoms with Crippen molar-refractivity contribution < 1.29 is 5.11 Å². The summed E-state index contributed by atoms with van der Waals surface area (Å²) in [5, 5.41) is 13.7. The van der Waals surface area contributed by atoms with Crippen molar-refractivity contribution in [1.29, 1.82) is 0 Å². The molecule has 0 aliphatic rings. The van der Waals surface area contributed by atoms with Gasteiger partial charge in [-0.05, 0) is 19.4 Å². The second kappa shape index (κ2) is 6.16. The van der Waals surface area contributed by atoms with E-state index in [1.807, 2.05) is 6.92 Å². The first-order valence-electron chi connectivity index (χ1n) is 6.55. The summed E-state index contributed by atoms with van der Waals surface area (Å²) in [6, 6.07) is 2.06. The Balaban J connectivity index is 2.27. The Hall–Kier alpha value is -1.40. The molecule has 2 rings (SSSR count). The third-order valence-corrected chi connectivity index (χ3v) is 3.94. The lowest BCUT2D eigenvalue weighted by molar-refractivity contribution is 0.267. The van der Waals surface area contributed by atoms with E-state index in [1.54, 1.807) is 11.3 Å². The Bertz CT molecular complexity index is 555. The SMILES string of the molecule is CCCC[C@H](CO)Nc1nc(N)nc2sc(C)cc12. The summed E-state index contributed by atoms with van der Waals surface area (Å²) in [5.41, 5.74) is 5.73. The number of hydrogen-bond donors (Lipinski definition) is 3. The summed E-state index contributed by atoms with van der Waals surface area (Å²) < 4.78 is 0. The minimum Gasteiger partial charge on any atom is -0.394 e. The molecule has 104 valence electrons.